The molecule has 0 heterocycles. The fourth-order valence-corrected chi connectivity index (χ4v) is 4.63. The molecule has 1 N–H and O–H groups in total. The first-order valence-corrected chi connectivity index (χ1v) is 8.04. The molecule has 16 heavy (non-hydrogen) atoms. The van der Waals surface area contributed by atoms with Gasteiger partial charge in [0, 0.05) is 28.8 Å². The molecule has 0 aliphatic carbocycles. The first-order chi connectivity index (χ1) is 7.36. The zero-order valence-electron chi connectivity index (χ0n) is 7.66. The molecule has 0 bridgehead atoms. The first kappa shape index (κ1) is 15.1. The van der Waals surface area contributed by atoms with Gasteiger partial charge in [0.1, 0.15) is 0 Å². The van der Waals surface area contributed by atoms with Crippen LogP contribution in [-0.4, -0.2) is 11.1 Å². The Hall–Kier alpha value is 1.09. The standard InChI is InChI=1S/C9H5Br5O2/c10-5-3(1-2-4(15)16)6(11)8(13)9(14)7(5)12/h1-2H2,(H,15,16). The smallest absolute Gasteiger partial charge is 0.303 e. The molecule has 0 atom stereocenters. The van der Waals surface area contributed by atoms with Gasteiger partial charge in [0.2, 0.25) is 0 Å². The van der Waals surface area contributed by atoms with Crippen LogP contribution in [0.3, 0.4) is 0 Å². The monoisotopic (exact) mass is 540 g/mol. The van der Waals surface area contributed by atoms with Crippen molar-refractivity contribution in [1.29, 1.82) is 0 Å². The van der Waals surface area contributed by atoms with E-state index >= 15 is 0 Å². The Morgan fingerprint density at radius 2 is 1.25 bits per heavy atom. The number of carboxylic acid groups (broad SMARTS) is 1. The number of aliphatic carboxylic acids is 1. The number of carbonyl (C=O) groups is 1. The molecule has 0 unspecified atom stereocenters. The second kappa shape index (κ2) is 6.31. The van der Waals surface area contributed by atoms with Gasteiger partial charge in [-0.15, -0.1) is 0 Å². The van der Waals surface area contributed by atoms with Crippen molar-refractivity contribution in [2.75, 3.05) is 0 Å². The van der Waals surface area contributed by atoms with Gasteiger partial charge in [0.25, 0.3) is 0 Å². The van der Waals surface area contributed by atoms with E-state index in [0.717, 1.165) is 27.9 Å². The van der Waals surface area contributed by atoms with Crippen LogP contribution in [0.2, 0.25) is 0 Å². The quantitative estimate of drug-likeness (QED) is 0.402. The minimum absolute atomic E-state index is 0.0950. The van der Waals surface area contributed by atoms with E-state index in [-0.39, 0.29) is 6.42 Å². The summed E-state index contributed by atoms with van der Waals surface area (Å²) in [5.41, 5.74) is 0.921. The third-order valence-corrected chi connectivity index (χ3v) is 8.15. The summed E-state index contributed by atoms with van der Waals surface area (Å²) in [6.07, 6.45) is 0.554. The van der Waals surface area contributed by atoms with Gasteiger partial charge in [-0.3, -0.25) is 4.79 Å². The molecule has 88 valence electrons. The Balaban J connectivity index is 3.23. The van der Waals surface area contributed by atoms with Gasteiger partial charge in [-0.05, 0) is 91.6 Å². The average molecular weight is 545 g/mol. The van der Waals surface area contributed by atoms with Crippen molar-refractivity contribution >= 4 is 85.6 Å². The van der Waals surface area contributed by atoms with Gasteiger partial charge in [-0.25, -0.2) is 0 Å². The first-order valence-electron chi connectivity index (χ1n) is 4.08. The lowest BCUT2D eigenvalue weighted by Crippen LogP contribution is -2.00. The Labute approximate surface area is 135 Å². The van der Waals surface area contributed by atoms with Crippen LogP contribution in [0.15, 0.2) is 22.4 Å². The highest BCUT2D eigenvalue weighted by molar-refractivity contribution is 9.15. The lowest BCUT2D eigenvalue weighted by Gasteiger charge is -2.12. The SMILES string of the molecule is O=C(O)CCc1c(Br)c(Br)c(Br)c(Br)c1Br. The molecule has 0 radical (unpaired) electrons. The molecule has 1 aromatic carbocycles. The van der Waals surface area contributed by atoms with Crippen molar-refractivity contribution in [3.8, 4) is 0 Å². The second-order valence-corrected chi connectivity index (χ2v) is 6.91. The molecule has 0 saturated heterocycles. The number of hydrogen-bond acceptors (Lipinski definition) is 1. The van der Waals surface area contributed by atoms with Crippen LogP contribution < -0.4 is 0 Å². The number of carboxylic acids is 1. The number of hydrogen-bond donors (Lipinski definition) is 1. The fraction of sp³-hybridized carbons (Fsp3) is 0.222. The molecule has 0 aliphatic rings. The van der Waals surface area contributed by atoms with Crippen LogP contribution in [0.4, 0.5) is 0 Å². The average Bonchev–Trinajstić information content (AvgIpc) is 2.23. The van der Waals surface area contributed by atoms with Gasteiger partial charge in [0.05, 0.1) is 0 Å². The fourth-order valence-electron chi connectivity index (χ4n) is 1.10. The number of benzene rings is 1. The zero-order chi connectivity index (χ0) is 12.5. The van der Waals surface area contributed by atoms with E-state index in [1.54, 1.807) is 0 Å². The third kappa shape index (κ3) is 3.31. The molecule has 1 rings (SSSR count). The summed E-state index contributed by atoms with van der Waals surface area (Å²) >= 11 is 17.2. The lowest BCUT2D eigenvalue weighted by atomic mass is 10.1. The predicted molar refractivity (Wildman–Crippen MR) is 80.9 cm³/mol. The van der Waals surface area contributed by atoms with Gasteiger partial charge in [-0.1, -0.05) is 0 Å². The maximum Gasteiger partial charge on any atom is 0.303 e. The van der Waals surface area contributed by atoms with E-state index in [2.05, 4.69) is 79.6 Å². The van der Waals surface area contributed by atoms with Crippen molar-refractivity contribution in [2.24, 2.45) is 0 Å². The summed E-state index contributed by atoms with van der Waals surface area (Å²) in [4.78, 5) is 10.6. The van der Waals surface area contributed by atoms with Gasteiger partial charge < -0.3 is 5.11 Å². The Kier molecular flexibility index (Phi) is 5.98. The van der Waals surface area contributed by atoms with E-state index in [9.17, 15) is 4.79 Å². The summed E-state index contributed by atoms with van der Waals surface area (Å²) in [7, 11) is 0. The summed E-state index contributed by atoms with van der Waals surface area (Å²) in [6, 6.07) is 0. The van der Waals surface area contributed by atoms with Gasteiger partial charge in [-0.2, -0.15) is 0 Å². The van der Waals surface area contributed by atoms with E-state index < -0.39 is 5.97 Å². The van der Waals surface area contributed by atoms with Gasteiger partial charge in [0.15, 0.2) is 0 Å². The summed E-state index contributed by atoms with van der Waals surface area (Å²) in [6.45, 7) is 0. The van der Waals surface area contributed by atoms with E-state index in [0.29, 0.717) is 6.42 Å². The van der Waals surface area contributed by atoms with Crippen molar-refractivity contribution in [3.05, 3.63) is 27.9 Å². The Morgan fingerprint density at radius 3 is 1.62 bits per heavy atom. The van der Waals surface area contributed by atoms with Crippen LogP contribution in [-0.2, 0) is 11.2 Å². The largest absolute Gasteiger partial charge is 0.481 e. The maximum atomic E-state index is 10.6. The molecule has 0 aliphatic heterocycles. The molecule has 0 spiro atoms. The second-order valence-electron chi connectivity index (χ2n) is 2.94. The van der Waals surface area contributed by atoms with Crippen LogP contribution in [0.5, 0.6) is 0 Å². The molecular weight excluding hydrogens is 540 g/mol. The highest BCUT2D eigenvalue weighted by atomic mass is 79.9. The Morgan fingerprint density at radius 1 is 0.875 bits per heavy atom. The van der Waals surface area contributed by atoms with Crippen LogP contribution in [0.25, 0.3) is 0 Å². The Bertz CT molecular complexity index is 415. The number of halogens is 5. The highest BCUT2D eigenvalue weighted by Gasteiger charge is 2.17. The van der Waals surface area contributed by atoms with Crippen molar-refractivity contribution in [1.82, 2.24) is 0 Å². The molecule has 0 aromatic heterocycles. The zero-order valence-corrected chi connectivity index (χ0v) is 15.6. The molecule has 2 nitrogen and oxygen atoms in total. The third-order valence-electron chi connectivity index (χ3n) is 1.89. The van der Waals surface area contributed by atoms with Crippen LogP contribution >= 0.6 is 79.6 Å². The number of rotatable bonds is 3. The molecule has 7 heteroatoms. The lowest BCUT2D eigenvalue weighted by molar-refractivity contribution is -0.136. The molecule has 1 aromatic rings. The highest BCUT2D eigenvalue weighted by Crippen LogP contribution is 2.44. The van der Waals surface area contributed by atoms with Crippen LogP contribution in [0, 0.1) is 0 Å². The van der Waals surface area contributed by atoms with E-state index in [1.165, 1.54) is 0 Å². The molecule has 0 saturated carbocycles. The minimum Gasteiger partial charge on any atom is -0.481 e. The minimum atomic E-state index is -0.811. The van der Waals surface area contributed by atoms with Crippen molar-refractivity contribution in [2.45, 2.75) is 12.8 Å². The molecular formula is C9H5Br5O2. The normalized spacial score (nSPS) is 10.6. The molecule has 0 amide bonds. The van der Waals surface area contributed by atoms with Crippen LogP contribution in [0.1, 0.15) is 12.0 Å². The predicted octanol–water partition coefficient (Wildman–Crippen LogP) is 5.52. The van der Waals surface area contributed by atoms with E-state index in [4.69, 9.17) is 5.11 Å². The summed E-state index contributed by atoms with van der Waals surface area (Å²) in [5.74, 6) is -0.811. The van der Waals surface area contributed by atoms with Crippen molar-refractivity contribution in [3.63, 3.8) is 0 Å². The van der Waals surface area contributed by atoms with E-state index in [1.807, 2.05) is 0 Å². The topological polar surface area (TPSA) is 37.3 Å². The summed E-state index contributed by atoms with van der Waals surface area (Å²) in [5, 5.41) is 8.69. The van der Waals surface area contributed by atoms with Crippen molar-refractivity contribution < 1.29 is 9.90 Å². The van der Waals surface area contributed by atoms with Gasteiger partial charge >= 0.3 is 5.97 Å². The molecule has 0 fully saturated rings. The maximum absolute atomic E-state index is 10.6. The summed E-state index contributed by atoms with van der Waals surface area (Å²) < 4.78 is 4.32.